The first-order chi connectivity index (χ1) is 8.01. The van der Waals surface area contributed by atoms with Crippen molar-refractivity contribution in [3.8, 4) is 0 Å². The van der Waals surface area contributed by atoms with Gasteiger partial charge in [0, 0.05) is 6.42 Å². The summed E-state index contributed by atoms with van der Waals surface area (Å²) in [5, 5.41) is 10.1. The van der Waals surface area contributed by atoms with E-state index in [0.29, 0.717) is 12.8 Å². The van der Waals surface area contributed by atoms with Crippen LogP contribution >= 0.6 is 0 Å². The first-order valence-electron chi connectivity index (χ1n) is 6.02. The van der Waals surface area contributed by atoms with Gasteiger partial charge in [-0.25, -0.2) is 4.39 Å². The fraction of sp³-hybridized carbons (Fsp3) is 0.500. The number of benzene rings is 1. The van der Waals surface area contributed by atoms with E-state index in [-0.39, 0.29) is 18.0 Å². The van der Waals surface area contributed by atoms with Gasteiger partial charge in [0.05, 0.1) is 0 Å². The van der Waals surface area contributed by atoms with Gasteiger partial charge in [-0.1, -0.05) is 6.07 Å². The zero-order chi connectivity index (χ0) is 12.5. The van der Waals surface area contributed by atoms with Gasteiger partial charge in [-0.15, -0.1) is 0 Å². The third kappa shape index (κ3) is 2.55. The predicted octanol–water partition coefficient (Wildman–Crippen LogP) is 2.55. The highest BCUT2D eigenvalue weighted by atomic mass is 19.1. The molecule has 0 saturated heterocycles. The van der Waals surface area contributed by atoms with E-state index in [1.807, 2.05) is 0 Å². The lowest BCUT2D eigenvalue weighted by atomic mass is 9.90. The summed E-state index contributed by atoms with van der Waals surface area (Å²) in [4.78, 5) is 12.0. The molecule has 1 N–H and O–H groups in total. The Balaban J connectivity index is 2.13. The number of carbonyl (C=O) groups excluding carboxylic acids is 1. The Labute approximate surface area is 100 Å². The van der Waals surface area contributed by atoms with E-state index in [9.17, 15) is 14.3 Å². The van der Waals surface area contributed by atoms with Crippen LogP contribution in [-0.2, 0) is 11.2 Å². The molecule has 0 heterocycles. The van der Waals surface area contributed by atoms with E-state index in [4.69, 9.17) is 0 Å². The molecular weight excluding hydrogens is 219 g/mol. The minimum atomic E-state index is -1.14. The first-order valence-corrected chi connectivity index (χ1v) is 6.02. The molecular formula is C14H17FO2. The molecule has 2 nitrogen and oxygen atoms in total. The second-order valence-corrected chi connectivity index (χ2v) is 4.91. The van der Waals surface area contributed by atoms with Crippen LogP contribution in [0.4, 0.5) is 4.39 Å². The van der Waals surface area contributed by atoms with Gasteiger partial charge < -0.3 is 5.11 Å². The van der Waals surface area contributed by atoms with Gasteiger partial charge in [-0.3, -0.25) is 4.79 Å². The van der Waals surface area contributed by atoms with Crippen LogP contribution in [0.2, 0.25) is 0 Å². The van der Waals surface area contributed by atoms with Crippen LogP contribution in [0.1, 0.15) is 36.8 Å². The molecule has 3 heteroatoms. The number of carbonyl (C=O) groups is 1. The molecule has 92 valence electrons. The molecule has 1 saturated carbocycles. The topological polar surface area (TPSA) is 37.3 Å². The van der Waals surface area contributed by atoms with Crippen LogP contribution in [0.5, 0.6) is 0 Å². The first kappa shape index (κ1) is 12.2. The summed E-state index contributed by atoms with van der Waals surface area (Å²) >= 11 is 0. The number of rotatable bonds is 3. The van der Waals surface area contributed by atoms with Gasteiger partial charge in [0.2, 0.25) is 0 Å². The normalized spacial score (nSPS) is 18.3. The average molecular weight is 236 g/mol. The quantitative estimate of drug-likeness (QED) is 0.875. The summed E-state index contributed by atoms with van der Waals surface area (Å²) in [6.07, 6.45) is 3.13. The molecule has 0 amide bonds. The number of aryl methyl sites for hydroxylation is 1. The standard InChI is InChI=1S/C14H17FO2/c1-10-8-12(15)5-4-11(10)9-13(16)14(17)6-2-3-7-14/h4-5,8,17H,2-3,6-7,9H2,1H3. The molecule has 1 fully saturated rings. The molecule has 0 spiro atoms. The lowest BCUT2D eigenvalue weighted by molar-refractivity contribution is -0.136. The maximum atomic E-state index is 12.9. The van der Waals surface area contributed by atoms with Gasteiger partial charge in [-0.05, 0) is 55.9 Å². The average Bonchev–Trinajstić information content (AvgIpc) is 2.71. The van der Waals surface area contributed by atoms with Gasteiger partial charge >= 0.3 is 0 Å². The maximum absolute atomic E-state index is 12.9. The molecule has 1 aromatic rings. The lowest BCUT2D eigenvalue weighted by Gasteiger charge is -2.20. The molecule has 2 rings (SSSR count). The van der Waals surface area contributed by atoms with Crippen LogP contribution in [-0.4, -0.2) is 16.5 Å². The number of Topliss-reactive ketones (excluding diaryl/α,β-unsaturated/α-hetero) is 1. The SMILES string of the molecule is Cc1cc(F)ccc1CC(=O)C1(O)CCCC1. The molecule has 0 bridgehead atoms. The van der Waals surface area contributed by atoms with Crippen LogP contribution in [0.3, 0.4) is 0 Å². The molecule has 0 aliphatic heterocycles. The highest BCUT2D eigenvalue weighted by Crippen LogP contribution is 2.31. The van der Waals surface area contributed by atoms with E-state index in [1.165, 1.54) is 12.1 Å². The van der Waals surface area contributed by atoms with Crippen LogP contribution < -0.4 is 0 Å². The van der Waals surface area contributed by atoms with Crippen molar-refractivity contribution in [2.75, 3.05) is 0 Å². The van der Waals surface area contributed by atoms with E-state index >= 15 is 0 Å². The van der Waals surface area contributed by atoms with Gasteiger partial charge in [0.1, 0.15) is 11.4 Å². The lowest BCUT2D eigenvalue weighted by Crippen LogP contribution is -2.36. The number of halogens is 1. The molecule has 0 unspecified atom stereocenters. The summed E-state index contributed by atoms with van der Waals surface area (Å²) in [6, 6.07) is 4.40. The molecule has 0 atom stereocenters. The highest BCUT2D eigenvalue weighted by molar-refractivity contribution is 5.89. The summed E-state index contributed by atoms with van der Waals surface area (Å²) < 4.78 is 12.9. The Bertz CT molecular complexity index is 434. The number of hydrogen-bond donors (Lipinski definition) is 1. The minimum absolute atomic E-state index is 0.135. The maximum Gasteiger partial charge on any atom is 0.168 e. The van der Waals surface area contributed by atoms with Gasteiger partial charge in [-0.2, -0.15) is 0 Å². The van der Waals surface area contributed by atoms with Crippen molar-refractivity contribution in [1.82, 2.24) is 0 Å². The smallest absolute Gasteiger partial charge is 0.168 e. The second kappa shape index (κ2) is 4.57. The van der Waals surface area contributed by atoms with Gasteiger partial charge in [0.15, 0.2) is 5.78 Å². The van der Waals surface area contributed by atoms with Gasteiger partial charge in [0.25, 0.3) is 0 Å². The monoisotopic (exact) mass is 236 g/mol. The molecule has 1 aromatic carbocycles. The van der Waals surface area contributed by atoms with Crippen molar-refractivity contribution in [2.24, 2.45) is 0 Å². The zero-order valence-electron chi connectivity index (χ0n) is 10.0. The summed E-state index contributed by atoms with van der Waals surface area (Å²) in [5.41, 5.74) is 0.428. The van der Waals surface area contributed by atoms with Crippen molar-refractivity contribution >= 4 is 5.78 Å². The van der Waals surface area contributed by atoms with Crippen LogP contribution in [0.15, 0.2) is 18.2 Å². The minimum Gasteiger partial charge on any atom is -0.382 e. The van der Waals surface area contributed by atoms with Crippen molar-refractivity contribution < 1.29 is 14.3 Å². The summed E-state index contributed by atoms with van der Waals surface area (Å²) in [5.74, 6) is -0.428. The van der Waals surface area contributed by atoms with E-state index in [0.717, 1.165) is 24.0 Å². The van der Waals surface area contributed by atoms with Crippen LogP contribution in [0.25, 0.3) is 0 Å². The predicted molar refractivity (Wildman–Crippen MR) is 63.3 cm³/mol. The summed E-state index contributed by atoms with van der Waals surface area (Å²) in [7, 11) is 0. The van der Waals surface area contributed by atoms with E-state index in [2.05, 4.69) is 0 Å². The van der Waals surface area contributed by atoms with Crippen molar-refractivity contribution in [2.45, 2.75) is 44.6 Å². The van der Waals surface area contributed by atoms with Crippen molar-refractivity contribution in [3.05, 3.63) is 35.1 Å². The highest BCUT2D eigenvalue weighted by Gasteiger charge is 2.38. The third-order valence-corrected chi connectivity index (χ3v) is 3.61. The fourth-order valence-electron chi connectivity index (χ4n) is 2.43. The van der Waals surface area contributed by atoms with Crippen molar-refractivity contribution in [3.63, 3.8) is 0 Å². The Morgan fingerprint density at radius 2 is 2.06 bits per heavy atom. The van der Waals surface area contributed by atoms with E-state index < -0.39 is 5.60 Å². The van der Waals surface area contributed by atoms with E-state index in [1.54, 1.807) is 13.0 Å². The number of hydrogen-bond acceptors (Lipinski definition) is 2. The Morgan fingerprint density at radius 3 is 2.65 bits per heavy atom. The molecule has 0 radical (unpaired) electrons. The fourth-order valence-corrected chi connectivity index (χ4v) is 2.43. The largest absolute Gasteiger partial charge is 0.382 e. The zero-order valence-corrected chi connectivity index (χ0v) is 10.0. The molecule has 0 aromatic heterocycles. The molecule has 17 heavy (non-hydrogen) atoms. The molecule has 1 aliphatic carbocycles. The summed E-state index contributed by atoms with van der Waals surface area (Å²) in [6.45, 7) is 1.78. The van der Waals surface area contributed by atoms with Crippen molar-refractivity contribution in [1.29, 1.82) is 0 Å². The number of ketones is 1. The second-order valence-electron chi connectivity index (χ2n) is 4.91. The Kier molecular flexibility index (Phi) is 3.29. The number of aliphatic hydroxyl groups is 1. The Hall–Kier alpha value is -1.22. The third-order valence-electron chi connectivity index (χ3n) is 3.61. The molecule has 1 aliphatic rings. The van der Waals surface area contributed by atoms with Crippen LogP contribution in [0, 0.1) is 12.7 Å². The Morgan fingerprint density at radius 1 is 1.41 bits per heavy atom.